The lowest BCUT2D eigenvalue weighted by Gasteiger charge is -2.15. The largest absolute Gasteiger partial charge is 0.497 e. The molecule has 0 amide bonds. The van der Waals surface area contributed by atoms with Gasteiger partial charge in [0.05, 0.1) is 14.2 Å². The van der Waals surface area contributed by atoms with Gasteiger partial charge in [-0.15, -0.1) is 0 Å². The standard InChI is InChI=1S/2C10H12F3NO/c1-15-8-4-2-7(3-5-8)6-9(14)10(11,12)13;1-15-8-4-2-3-7(5-8)6-9(14)10(11,12)13/h2*2-5,9H,6,14H2,1H3/t2*9-/m11/s1. The van der Waals surface area contributed by atoms with Gasteiger partial charge in [0.1, 0.15) is 23.6 Å². The lowest BCUT2D eigenvalue weighted by atomic mass is 10.1. The van der Waals surface area contributed by atoms with Crippen LogP contribution in [0.2, 0.25) is 0 Å². The zero-order chi connectivity index (χ0) is 22.9. The van der Waals surface area contributed by atoms with E-state index in [0.717, 1.165) is 0 Å². The van der Waals surface area contributed by atoms with E-state index in [-0.39, 0.29) is 12.8 Å². The number of methoxy groups -OCH3 is 2. The van der Waals surface area contributed by atoms with Crippen LogP contribution in [0.25, 0.3) is 0 Å². The molecule has 0 radical (unpaired) electrons. The zero-order valence-corrected chi connectivity index (χ0v) is 16.4. The predicted molar refractivity (Wildman–Crippen MR) is 101 cm³/mol. The van der Waals surface area contributed by atoms with Crippen LogP contribution in [0.4, 0.5) is 26.3 Å². The van der Waals surface area contributed by atoms with Crippen LogP contribution in [-0.4, -0.2) is 38.7 Å². The first-order chi connectivity index (χ1) is 13.9. The van der Waals surface area contributed by atoms with E-state index in [1.54, 1.807) is 48.5 Å². The highest BCUT2D eigenvalue weighted by atomic mass is 19.4. The number of nitrogens with two attached hydrogens (primary N) is 2. The summed E-state index contributed by atoms with van der Waals surface area (Å²) in [6.07, 6.45) is -9.16. The number of hydrogen-bond acceptors (Lipinski definition) is 4. The van der Waals surface area contributed by atoms with Gasteiger partial charge in [-0.3, -0.25) is 0 Å². The molecule has 2 atom stereocenters. The predicted octanol–water partition coefficient (Wildman–Crippen LogP) is 4.25. The fourth-order valence-corrected chi connectivity index (χ4v) is 2.30. The molecule has 10 heteroatoms. The van der Waals surface area contributed by atoms with E-state index in [4.69, 9.17) is 20.9 Å². The van der Waals surface area contributed by atoms with Crippen LogP contribution in [0.5, 0.6) is 11.5 Å². The molecule has 0 unspecified atom stereocenters. The van der Waals surface area contributed by atoms with E-state index in [1.807, 2.05) is 0 Å². The molecule has 0 spiro atoms. The maximum absolute atomic E-state index is 12.2. The van der Waals surface area contributed by atoms with Crippen molar-refractivity contribution in [3.63, 3.8) is 0 Å². The highest BCUT2D eigenvalue weighted by molar-refractivity contribution is 5.29. The molecule has 0 aliphatic carbocycles. The molecule has 2 aromatic rings. The third-order valence-corrected chi connectivity index (χ3v) is 4.05. The minimum absolute atomic E-state index is 0.215. The number of ether oxygens (including phenoxy) is 2. The van der Waals surface area contributed by atoms with Gasteiger partial charge in [0.15, 0.2) is 0 Å². The van der Waals surface area contributed by atoms with E-state index < -0.39 is 24.4 Å². The van der Waals surface area contributed by atoms with E-state index in [0.29, 0.717) is 22.6 Å². The van der Waals surface area contributed by atoms with Crippen LogP contribution in [0.1, 0.15) is 11.1 Å². The van der Waals surface area contributed by atoms with Crippen LogP contribution < -0.4 is 20.9 Å². The van der Waals surface area contributed by atoms with Crippen molar-refractivity contribution in [2.24, 2.45) is 11.5 Å². The molecule has 0 aliphatic rings. The van der Waals surface area contributed by atoms with Gasteiger partial charge in [-0.25, -0.2) is 0 Å². The average molecular weight is 438 g/mol. The molecule has 30 heavy (non-hydrogen) atoms. The summed E-state index contributed by atoms with van der Waals surface area (Å²) in [6, 6.07) is 9.17. The van der Waals surface area contributed by atoms with Gasteiger partial charge < -0.3 is 20.9 Å². The number of rotatable bonds is 6. The number of halogens is 6. The lowest BCUT2D eigenvalue weighted by molar-refractivity contribution is -0.147. The van der Waals surface area contributed by atoms with Gasteiger partial charge >= 0.3 is 12.4 Å². The average Bonchev–Trinajstić information content (AvgIpc) is 2.67. The molecule has 0 aliphatic heterocycles. The SMILES string of the molecule is COc1ccc(C[C@@H](N)C(F)(F)F)cc1.COc1cccc(C[C@@H](N)C(F)(F)F)c1. The third-order valence-electron chi connectivity index (χ3n) is 4.05. The minimum Gasteiger partial charge on any atom is -0.497 e. The van der Waals surface area contributed by atoms with Crippen LogP contribution in [0.15, 0.2) is 48.5 Å². The number of benzene rings is 2. The summed E-state index contributed by atoms with van der Waals surface area (Å²) in [5.41, 5.74) is 11.1. The van der Waals surface area contributed by atoms with Crippen molar-refractivity contribution < 1.29 is 35.8 Å². The van der Waals surface area contributed by atoms with Crippen LogP contribution in [0, 0.1) is 0 Å². The minimum atomic E-state index is -4.36. The molecule has 0 aromatic heterocycles. The van der Waals surface area contributed by atoms with Crippen molar-refractivity contribution in [2.45, 2.75) is 37.3 Å². The summed E-state index contributed by atoms with van der Waals surface area (Å²) >= 11 is 0. The second-order valence-electron chi connectivity index (χ2n) is 6.40. The van der Waals surface area contributed by atoms with Crippen molar-refractivity contribution >= 4 is 0 Å². The topological polar surface area (TPSA) is 70.5 Å². The summed E-state index contributed by atoms with van der Waals surface area (Å²) < 4.78 is 82.7. The Labute approximate surface area is 170 Å². The van der Waals surface area contributed by atoms with Crippen molar-refractivity contribution in [2.75, 3.05) is 14.2 Å². The van der Waals surface area contributed by atoms with E-state index in [2.05, 4.69) is 0 Å². The Balaban J connectivity index is 0.000000300. The summed E-state index contributed by atoms with van der Waals surface area (Å²) in [4.78, 5) is 0. The van der Waals surface area contributed by atoms with Crippen molar-refractivity contribution in [1.29, 1.82) is 0 Å². The van der Waals surface area contributed by atoms with Gasteiger partial charge in [-0.05, 0) is 48.2 Å². The monoisotopic (exact) mass is 438 g/mol. The van der Waals surface area contributed by atoms with Crippen LogP contribution in [-0.2, 0) is 12.8 Å². The van der Waals surface area contributed by atoms with Gasteiger partial charge in [0.2, 0.25) is 0 Å². The first-order valence-corrected chi connectivity index (χ1v) is 8.77. The van der Waals surface area contributed by atoms with Gasteiger partial charge in [0.25, 0.3) is 0 Å². The van der Waals surface area contributed by atoms with Crippen LogP contribution in [0.3, 0.4) is 0 Å². The smallest absolute Gasteiger partial charge is 0.403 e. The Morgan fingerprint density at radius 3 is 1.60 bits per heavy atom. The Morgan fingerprint density at radius 1 is 0.700 bits per heavy atom. The highest BCUT2D eigenvalue weighted by Gasteiger charge is 2.37. The van der Waals surface area contributed by atoms with E-state index >= 15 is 0 Å². The molecular formula is C20H24F6N2O2. The molecule has 0 heterocycles. The maximum atomic E-state index is 12.2. The first kappa shape index (κ1) is 25.6. The van der Waals surface area contributed by atoms with Crippen molar-refractivity contribution in [1.82, 2.24) is 0 Å². The molecule has 0 saturated carbocycles. The Hall–Kier alpha value is -2.46. The maximum Gasteiger partial charge on any atom is 0.403 e. The molecule has 168 valence electrons. The van der Waals surface area contributed by atoms with E-state index in [9.17, 15) is 26.3 Å². The summed E-state index contributed by atoms with van der Waals surface area (Å²) in [6.45, 7) is 0. The molecule has 2 rings (SSSR count). The molecule has 0 saturated heterocycles. The fourth-order valence-electron chi connectivity index (χ4n) is 2.30. The molecule has 4 N–H and O–H groups in total. The van der Waals surface area contributed by atoms with Gasteiger partial charge in [-0.2, -0.15) is 26.3 Å². The summed E-state index contributed by atoms with van der Waals surface area (Å²) in [5.74, 6) is 1.14. The second kappa shape index (κ2) is 11.1. The molecule has 0 fully saturated rings. The van der Waals surface area contributed by atoms with Crippen LogP contribution >= 0.6 is 0 Å². The number of alkyl halides is 6. The summed E-state index contributed by atoms with van der Waals surface area (Å²) in [7, 11) is 2.96. The second-order valence-corrected chi connectivity index (χ2v) is 6.40. The normalized spacial score (nSPS) is 13.7. The molecule has 2 aromatic carbocycles. The molecule has 0 bridgehead atoms. The molecule has 4 nitrogen and oxygen atoms in total. The Bertz CT molecular complexity index is 763. The van der Waals surface area contributed by atoms with Gasteiger partial charge in [0, 0.05) is 0 Å². The molecular weight excluding hydrogens is 414 g/mol. The summed E-state index contributed by atoms with van der Waals surface area (Å²) in [5, 5.41) is 0. The van der Waals surface area contributed by atoms with Crippen molar-refractivity contribution in [3.05, 3.63) is 59.7 Å². The highest BCUT2D eigenvalue weighted by Crippen LogP contribution is 2.23. The zero-order valence-electron chi connectivity index (χ0n) is 16.4. The Kier molecular flexibility index (Phi) is 9.44. The Morgan fingerprint density at radius 2 is 1.17 bits per heavy atom. The van der Waals surface area contributed by atoms with Crippen molar-refractivity contribution in [3.8, 4) is 11.5 Å². The van der Waals surface area contributed by atoms with Gasteiger partial charge in [-0.1, -0.05) is 24.3 Å². The third kappa shape index (κ3) is 8.91. The first-order valence-electron chi connectivity index (χ1n) is 8.77. The lowest BCUT2D eigenvalue weighted by Crippen LogP contribution is -2.39. The quantitative estimate of drug-likeness (QED) is 0.662. The fraction of sp³-hybridized carbons (Fsp3) is 0.400. The number of hydrogen-bond donors (Lipinski definition) is 2. The van der Waals surface area contributed by atoms with E-state index in [1.165, 1.54) is 14.2 Å².